The van der Waals surface area contributed by atoms with E-state index in [2.05, 4.69) is 19.2 Å². The van der Waals surface area contributed by atoms with Gasteiger partial charge in [-0.05, 0) is 18.8 Å². The third kappa shape index (κ3) is 6.79. The van der Waals surface area contributed by atoms with Crippen LogP contribution in [0.25, 0.3) is 0 Å². The van der Waals surface area contributed by atoms with E-state index in [9.17, 15) is 4.79 Å². The zero-order valence-electron chi connectivity index (χ0n) is 14.0. The van der Waals surface area contributed by atoms with E-state index in [0.717, 1.165) is 13.0 Å². The number of carbonyl (C=O) groups is 1. The van der Waals surface area contributed by atoms with Crippen LogP contribution in [0.5, 0.6) is 5.75 Å². The highest BCUT2D eigenvalue weighted by Gasteiger charge is 2.12. The summed E-state index contributed by atoms with van der Waals surface area (Å²) in [5.41, 5.74) is 0.610. The van der Waals surface area contributed by atoms with Crippen molar-refractivity contribution >= 4 is 17.2 Å². The Labute approximate surface area is 138 Å². The van der Waals surface area contributed by atoms with Crippen LogP contribution >= 0.6 is 11.3 Å². The number of hydrogen-bond donors (Lipinski definition) is 1. The maximum atomic E-state index is 12.0. The Morgan fingerprint density at radius 2 is 2.14 bits per heavy atom. The van der Waals surface area contributed by atoms with Crippen molar-refractivity contribution in [1.82, 2.24) is 5.32 Å². The summed E-state index contributed by atoms with van der Waals surface area (Å²) in [6.45, 7) is 6.60. The average molecular weight is 327 g/mol. The van der Waals surface area contributed by atoms with Gasteiger partial charge in [-0.3, -0.25) is 4.79 Å². The normalized spacial score (nSPS) is 12.1. The molecule has 0 aromatic carbocycles. The van der Waals surface area contributed by atoms with Crippen molar-refractivity contribution in [2.45, 2.75) is 46.0 Å². The minimum atomic E-state index is -0.0764. The predicted molar refractivity (Wildman–Crippen MR) is 91.9 cm³/mol. The maximum Gasteiger partial charge on any atom is 0.255 e. The molecule has 0 fully saturated rings. The lowest BCUT2D eigenvalue weighted by atomic mass is 10.0. The van der Waals surface area contributed by atoms with Gasteiger partial charge in [-0.1, -0.05) is 33.1 Å². The number of carbonyl (C=O) groups excluding carboxylic acids is 1. The highest BCUT2D eigenvalue weighted by atomic mass is 32.1. The summed E-state index contributed by atoms with van der Waals surface area (Å²) in [5, 5.41) is 6.55. The lowest BCUT2D eigenvalue weighted by Gasteiger charge is -2.14. The summed E-state index contributed by atoms with van der Waals surface area (Å²) in [6, 6.07) is 0. The van der Waals surface area contributed by atoms with Gasteiger partial charge >= 0.3 is 0 Å². The fraction of sp³-hybridized carbons (Fsp3) is 0.706. The van der Waals surface area contributed by atoms with Crippen molar-refractivity contribution in [2.24, 2.45) is 5.92 Å². The topological polar surface area (TPSA) is 47.6 Å². The molecule has 0 aliphatic rings. The molecule has 0 bridgehead atoms. The third-order valence-electron chi connectivity index (χ3n) is 3.74. The van der Waals surface area contributed by atoms with Gasteiger partial charge in [-0.15, -0.1) is 11.3 Å². The second-order valence-corrected chi connectivity index (χ2v) is 6.20. The van der Waals surface area contributed by atoms with E-state index in [1.165, 1.54) is 37.0 Å². The van der Waals surface area contributed by atoms with Crippen LogP contribution in [-0.2, 0) is 4.74 Å². The number of methoxy groups -OCH3 is 1. The number of ether oxygens (including phenoxy) is 2. The van der Waals surface area contributed by atoms with Gasteiger partial charge in [0.05, 0.1) is 12.7 Å². The molecule has 1 aromatic rings. The van der Waals surface area contributed by atoms with Crippen LogP contribution in [0, 0.1) is 5.92 Å². The maximum absolute atomic E-state index is 12.0. The Bertz CT molecular complexity index is 420. The number of unbranched alkanes of at least 4 members (excludes halogenated alkanes) is 1. The smallest absolute Gasteiger partial charge is 0.255 e. The van der Waals surface area contributed by atoms with Gasteiger partial charge in [-0.2, -0.15) is 0 Å². The molecule has 1 aromatic heterocycles. The minimum absolute atomic E-state index is 0.0764. The average Bonchev–Trinajstić information content (AvgIpc) is 3.02. The molecule has 0 aliphatic carbocycles. The van der Waals surface area contributed by atoms with Gasteiger partial charge in [0.1, 0.15) is 5.75 Å². The van der Waals surface area contributed by atoms with Crippen molar-refractivity contribution in [3.05, 3.63) is 16.3 Å². The van der Waals surface area contributed by atoms with Crippen LogP contribution in [0.4, 0.5) is 0 Å². The first-order chi connectivity index (χ1) is 10.7. The van der Waals surface area contributed by atoms with Crippen LogP contribution in [-0.4, -0.2) is 32.8 Å². The van der Waals surface area contributed by atoms with Gasteiger partial charge in [0.15, 0.2) is 0 Å². The summed E-state index contributed by atoms with van der Waals surface area (Å²) in [7, 11) is 1.58. The summed E-state index contributed by atoms with van der Waals surface area (Å²) in [6.07, 6.45) is 5.79. The molecule has 1 atom stereocenters. The van der Waals surface area contributed by atoms with E-state index in [1.54, 1.807) is 7.11 Å². The van der Waals surface area contributed by atoms with Gasteiger partial charge in [-0.25, -0.2) is 0 Å². The lowest BCUT2D eigenvalue weighted by Crippen LogP contribution is -2.25. The van der Waals surface area contributed by atoms with Crippen LogP contribution in [0.3, 0.4) is 0 Å². The molecule has 1 N–H and O–H groups in total. The first-order valence-electron chi connectivity index (χ1n) is 8.19. The molecule has 1 amide bonds. The Hall–Kier alpha value is -1.07. The van der Waals surface area contributed by atoms with Crippen molar-refractivity contribution in [1.29, 1.82) is 0 Å². The first-order valence-corrected chi connectivity index (χ1v) is 9.13. The Morgan fingerprint density at radius 3 is 2.82 bits per heavy atom. The van der Waals surface area contributed by atoms with Crippen LogP contribution in [0.1, 0.15) is 56.3 Å². The molecular weight excluding hydrogens is 298 g/mol. The minimum Gasteiger partial charge on any atom is -0.495 e. The fourth-order valence-corrected chi connectivity index (χ4v) is 3.00. The SMILES string of the molecule is CCCCC(CC)COCCCNC(=O)c1cscc1OC. The largest absolute Gasteiger partial charge is 0.495 e. The van der Waals surface area contributed by atoms with E-state index in [4.69, 9.17) is 9.47 Å². The second kappa shape index (κ2) is 11.5. The van der Waals surface area contributed by atoms with E-state index in [-0.39, 0.29) is 5.91 Å². The van der Waals surface area contributed by atoms with E-state index in [1.807, 2.05) is 10.8 Å². The summed E-state index contributed by atoms with van der Waals surface area (Å²) in [4.78, 5) is 12.0. The summed E-state index contributed by atoms with van der Waals surface area (Å²) < 4.78 is 10.9. The second-order valence-electron chi connectivity index (χ2n) is 5.45. The molecule has 0 radical (unpaired) electrons. The quantitative estimate of drug-likeness (QED) is 0.588. The molecule has 0 saturated heterocycles. The highest BCUT2D eigenvalue weighted by molar-refractivity contribution is 7.08. The fourth-order valence-electron chi connectivity index (χ4n) is 2.23. The third-order valence-corrected chi connectivity index (χ3v) is 4.46. The van der Waals surface area contributed by atoms with Gasteiger partial charge < -0.3 is 14.8 Å². The molecule has 5 heteroatoms. The number of rotatable bonds is 12. The molecule has 1 rings (SSSR count). The van der Waals surface area contributed by atoms with Gasteiger partial charge in [0, 0.05) is 30.5 Å². The summed E-state index contributed by atoms with van der Waals surface area (Å²) in [5.74, 6) is 1.23. The molecule has 0 spiro atoms. The standard InChI is InChI=1S/C17H29NO3S/c1-4-6-8-14(5-2)11-21-10-7-9-18-17(19)15-12-22-13-16(15)20-3/h12-14H,4-11H2,1-3H3,(H,18,19). The van der Waals surface area contributed by atoms with Crippen LogP contribution < -0.4 is 10.1 Å². The Balaban J connectivity index is 2.11. The van der Waals surface area contributed by atoms with Crippen LogP contribution in [0.2, 0.25) is 0 Å². The molecule has 4 nitrogen and oxygen atoms in total. The first kappa shape index (κ1) is 19.0. The Kier molecular flexibility index (Phi) is 9.91. The van der Waals surface area contributed by atoms with E-state index in [0.29, 0.717) is 30.4 Å². The highest BCUT2D eigenvalue weighted by Crippen LogP contribution is 2.22. The van der Waals surface area contributed by atoms with Crippen molar-refractivity contribution < 1.29 is 14.3 Å². The van der Waals surface area contributed by atoms with Crippen LogP contribution in [0.15, 0.2) is 10.8 Å². The molecule has 22 heavy (non-hydrogen) atoms. The number of hydrogen-bond acceptors (Lipinski definition) is 4. The molecule has 0 aliphatic heterocycles. The zero-order valence-corrected chi connectivity index (χ0v) is 14.8. The van der Waals surface area contributed by atoms with Gasteiger partial charge in [0.2, 0.25) is 0 Å². The van der Waals surface area contributed by atoms with Gasteiger partial charge in [0.25, 0.3) is 5.91 Å². The predicted octanol–water partition coefficient (Wildman–Crippen LogP) is 4.11. The van der Waals surface area contributed by atoms with Crippen molar-refractivity contribution in [3.63, 3.8) is 0 Å². The van der Waals surface area contributed by atoms with E-state index >= 15 is 0 Å². The van der Waals surface area contributed by atoms with E-state index < -0.39 is 0 Å². The number of nitrogens with one attached hydrogen (secondary N) is 1. The number of amides is 1. The molecule has 1 heterocycles. The lowest BCUT2D eigenvalue weighted by molar-refractivity contribution is 0.0874. The molecule has 1 unspecified atom stereocenters. The van der Waals surface area contributed by atoms with Crippen molar-refractivity contribution in [2.75, 3.05) is 26.9 Å². The monoisotopic (exact) mass is 327 g/mol. The van der Waals surface area contributed by atoms with Crippen molar-refractivity contribution in [3.8, 4) is 5.75 Å². The zero-order chi connectivity index (χ0) is 16.2. The number of thiophene rings is 1. The summed E-state index contributed by atoms with van der Waals surface area (Å²) >= 11 is 1.47. The molecule has 126 valence electrons. The Morgan fingerprint density at radius 1 is 1.32 bits per heavy atom. The molecule has 0 saturated carbocycles. The molecular formula is C17H29NO3S.